The lowest BCUT2D eigenvalue weighted by Gasteiger charge is -1.89. The van der Waals surface area contributed by atoms with Gasteiger partial charge in [0.1, 0.15) is 9.90 Å². The van der Waals surface area contributed by atoms with Crippen LogP contribution in [-0.4, -0.2) is 22.2 Å². The first-order valence-electron chi connectivity index (χ1n) is 2.89. The van der Waals surface area contributed by atoms with Crippen LogP contribution in [0.15, 0.2) is 0 Å². The van der Waals surface area contributed by atoms with Gasteiger partial charge in [-0.3, -0.25) is 0 Å². The fourth-order valence-electron chi connectivity index (χ4n) is 0.701. The van der Waals surface area contributed by atoms with Crippen LogP contribution in [0.2, 0.25) is 4.34 Å². The largest absolute Gasteiger partial charge is 0.478 e. The van der Waals surface area contributed by atoms with Crippen LogP contribution in [0, 0.1) is 5.82 Å². The number of hydrogen-bond donors (Lipinski definition) is 2. The summed E-state index contributed by atoms with van der Waals surface area (Å²) in [5.41, 5.74) is -0.788. The van der Waals surface area contributed by atoms with E-state index in [4.69, 9.17) is 21.8 Å². The van der Waals surface area contributed by atoms with Gasteiger partial charge in [0.15, 0.2) is 10.7 Å². The Kier molecular flexibility index (Phi) is 2.53. The van der Waals surface area contributed by atoms with Crippen molar-refractivity contribution >= 4 is 34.9 Å². The lowest BCUT2D eigenvalue weighted by molar-refractivity contribution is 0.0692. The van der Waals surface area contributed by atoms with Gasteiger partial charge in [0.2, 0.25) is 0 Å². The van der Waals surface area contributed by atoms with E-state index in [2.05, 4.69) is 0 Å². The Balaban J connectivity index is 3.39. The first-order chi connectivity index (χ1) is 5.95. The second kappa shape index (κ2) is 3.31. The SMILES string of the molecule is O=C(O)c1sc(Cl)c(C(=O)O)c1F. The Bertz CT molecular complexity index is 386. The average molecular weight is 225 g/mol. The number of aromatic carboxylic acids is 2. The Morgan fingerprint density at radius 2 is 1.85 bits per heavy atom. The fourth-order valence-corrected chi connectivity index (χ4v) is 1.83. The quantitative estimate of drug-likeness (QED) is 0.805. The lowest BCUT2D eigenvalue weighted by Crippen LogP contribution is -2.01. The molecule has 7 heteroatoms. The molecule has 1 heterocycles. The Labute approximate surface area is 80.2 Å². The molecule has 13 heavy (non-hydrogen) atoms. The van der Waals surface area contributed by atoms with Crippen molar-refractivity contribution < 1.29 is 24.2 Å². The van der Waals surface area contributed by atoms with Crippen molar-refractivity contribution in [3.63, 3.8) is 0 Å². The van der Waals surface area contributed by atoms with Gasteiger partial charge >= 0.3 is 11.9 Å². The van der Waals surface area contributed by atoms with Crippen molar-refractivity contribution in [2.45, 2.75) is 0 Å². The maximum atomic E-state index is 13.0. The van der Waals surface area contributed by atoms with Crippen molar-refractivity contribution in [1.29, 1.82) is 0 Å². The smallest absolute Gasteiger partial charge is 0.348 e. The van der Waals surface area contributed by atoms with E-state index in [0.29, 0.717) is 11.3 Å². The van der Waals surface area contributed by atoms with Crippen molar-refractivity contribution in [1.82, 2.24) is 0 Å². The third kappa shape index (κ3) is 1.63. The first kappa shape index (κ1) is 9.94. The van der Waals surface area contributed by atoms with Crippen molar-refractivity contribution in [3.8, 4) is 0 Å². The highest BCUT2D eigenvalue weighted by molar-refractivity contribution is 7.18. The monoisotopic (exact) mass is 224 g/mol. The van der Waals surface area contributed by atoms with Gasteiger partial charge in [0.05, 0.1) is 0 Å². The van der Waals surface area contributed by atoms with Crippen LogP contribution in [-0.2, 0) is 0 Å². The van der Waals surface area contributed by atoms with Crippen LogP contribution in [0.1, 0.15) is 20.0 Å². The molecule has 1 aromatic rings. The second-order valence-electron chi connectivity index (χ2n) is 2.00. The number of thiophene rings is 1. The van der Waals surface area contributed by atoms with Crippen LogP contribution in [0.25, 0.3) is 0 Å². The van der Waals surface area contributed by atoms with E-state index in [1.54, 1.807) is 0 Å². The molecule has 1 rings (SSSR count). The minimum Gasteiger partial charge on any atom is -0.478 e. The minimum absolute atomic E-state index is 0.373. The van der Waals surface area contributed by atoms with Crippen molar-refractivity contribution in [3.05, 3.63) is 20.6 Å². The van der Waals surface area contributed by atoms with E-state index in [9.17, 15) is 14.0 Å². The lowest BCUT2D eigenvalue weighted by atomic mass is 10.3. The topological polar surface area (TPSA) is 74.6 Å². The molecule has 0 bridgehead atoms. The molecule has 1 aromatic heterocycles. The molecule has 2 N–H and O–H groups in total. The number of halogens is 2. The summed E-state index contributed by atoms with van der Waals surface area (Å²) in [6, 6.07) is 0. The molecule has 0 spiro atoms. The van der Waals surface area contributed by atoms with Crippen LogP contribution in [0.4, 0.5) is 4.39 Å². The molecule has 0 aliphatic heterocycles. The summed E-state index contributed by atoms with van der Waals surface area (Å²) >= 11 is 5.71. The molecule has 0 saturated carbocycles. The van der Waals surface area contributed by atoms with E-state index >= 15 is 0 Å². The summed E-state index contributed by atoms with van der Waals surface area (Å²) in [4.78, 5) is 20.0. The molecule has 0 aliphatic carbocycles. The molecule has 0 saturated heterocycles. The van der Waals surface area contributed by atoms with Gasteiger partial charge in [0.25, 0.3) is 0 Å². The number of hydrogen-bond acceptors (Lipinski definition) is 3. The first-order valence-corrected chi connectivity index (χ1v) is 4.09. The molecule has 0 fully saturated rings. The average Bonchev–Trinajstić information content (AvgIpc) is 2.26. The van der Waals surface area contributed by atoms with Crippen molar-refractivity contribution in [2.24, 2.45) is 0 Å². The summed E-state index contributed by atoms with van der Waals surface area (Å²) in [6.07, 6.45) is 0. The van der Waals surface area contributed by atoms with E-state index in [0.717, 1.165) is 0 Å². The van der Waals surface area contributed by atoms with Gasteiger partial charge in [-0.1, -0.05) is 11.6 Å². The third-order valence-corrected chi connectivity index (χ3v) is 2.58. The summed E-state index contributed by atoms with van der Waals surface area (Å²) < 4.78 is 12.6. The van der Waals surface area contributed by atoms with Gasteiger partial charge in [0, 0.05) is 0 Å². The second-order valence-corrected chi connectivity index (χ2v) is 3.63. The molecular weight excluding hydrogens is 223 g/mol. The molecule has 0 unspecified atom stereocenters. The number of carboxylic acid groups (broad SMARTS) is 2. The molecule has 70 valence electrons. The van der Waals surface area contributed by atoms with Gasteiger partial charge < -0.3 is 10.2 Å². The zero-order valence-corrected chi connectivity index (χ0v) is 7.45. The highest BCUT2D eigenvalue weighted by Crippen LogP contribution is 2.31. The predicted octanol–water partition coefficient (Wildman–Crippen LogP) is 1.94. The Hall–Kier alpha value is -1.14. The summed E-state index contributed by atoms with van der Waals surface area (Å²) in [6.45, 7) is 0. The highest BCUT2D eigenvalue weighted by Gasteiger charge is 2.26. The normalized spacial score (nSPS) is 10.0. The molecule has 4 nitrogen and oxygen atoms in total. The van der Waals surface area contributed by atoms with E-state index in [-0.39, 0.29) is 4.34 Å². The summed E-state index contributed by atoms with van der Waals surface area (Å²) in [7, 11) is 0. The maximum Gasteiger partial charge on any atom is 0.348 e. The molecule has 0 atom stereocenters. The van der Waals surface area contributed by atoms with Gasteiger partial charge in [-0.25, -0.2) is 14.0 Å². The third-order valence-electron chi connectivity index (χ3n) is 1.22. The van der Waals surface area contributed by atoms with Gasteiger partial charge in [-0.2, -0.15) is 0 Å². The molecule has 0 amide bonds. The number of carbonyl (C=O) groups is 2. The predicted molar refractivity (Wildman–Crippen MR) is 43.2 cm³/mol. The Morgan fingerprint density at radius 3 is 2.08 bits per heavy atom. The maximum absolute atomic E-state index is 13.0. The minimum atomic E-state index is -1.58. The van der Waals surface area contributed by atoms with E-state index in [1.807, 2.05) is 0 Å². The van der Waals surface area contributed by atoms with Crippen molar-refractivity contribution in [2.75, 3.05) is 0 Å². The Morgan fingerprint density at radius 1 is 1.31 bits per heavy atom. The van der Waals surface area contributed by atoms with Crippen LogP contribution in [0.5, 0.6) is 0 Å². The molecule has 0 aromatic carbocycles. The van der Waals surface area contributed by atoms with Crippen LogP contribution < -0.4 is 0 Å². The number of carboxylic acids is 2. The number of rotatable bonds is 2. The summed E-state index contributed by atoms with van der Waals surface area (Å²) in [5, 5.41) is 16.8. The summed E-state index contributed by atoms with van der Waals surface area (Å²) in [5.74, 6) is -4.40. The molecule has 0 aliphatic rings. The molecule has 0 radical (unpaired) electrons. The van der Waals surface area contributed by atoms with E-state index < -0.39 is 28.2 Å². The van der Waals surface area contributed by atoms with Gasteiger partial charge in [-0.15, -0.1) is 11.3 Å². The zero-order valence-electron chi connectivity index (χ0n) is 5.88. The highest BCUT2D eigenvalue weighted by atomic mass is 35.5. The standard InChI is InChI=1S/C6H2ClFO4S/c7-4-1(5(9)10)2(8)3(13-4)6(11)12/h(H,9,10)(H,11,12). The molecular formula is C6H2ClFO4S. The fraction of sp³-hybridized carbons (Fsp3) is 0. The van der Waals surface area contributed by atoms with E-state index in [1.165, 1.54) is 0 Å². The zero-order chi connectivity index (χ0) is 10.2. The van der Waals surface area contributed by atoms with Crippen LogP contribution in [0.3, 0.4) is 0 Å². The van der Waals surface area contributed by atoms with Gasteiger partial charge in [-0.05, 0) is 0 Å². The van der Waals surface area contributed by atoms with Crippen LogP contribution >= 0.6 is 22.9 Å².